The molecule has 0 bridgehead atoms. The van der Waals surface area contributed by atoms with E-state index in [-0.39, 0.29) is 22.5 Å². The molecule has 0 unspecified atom stereocenters. The maximum atomic E-state index is 14.0. The number of allylic oxidation sites excluding steroid dienone is 2. The molecule has 0 saturated heterocycles. The summed E-state index contributed by atoms with van der Waals surface area (Å²) in [7, 11) is 1.47. The minimum Gasteiger partial charge on any atom is -0.507 e. The molecule has 0 saturated carbocycles. The molecular weight excluding hydrogens is 530 g/mol. The molecule has 9 heteroatoms. The van der Waals surface area contributed by atoms with Gasteiger partial charge in [-0.1, -0.05) is 39.3 Å². The van der Waals surface area contributed by atoms with Crippen LogP contribution in [0.2, 0.25) is 0 Å². The third-order valence-electron chi connectivity index (χ3n) is 6.32. The van der Waals surface area contributed by atoms with E-state index in [2.05, 4.69) is 0 Å². The topological polar surface area (TPSA) is 102 Å². The number of aromatic hydroxyl groups is 1. The molecule has 40 heavy (non-hydrogen) atoms. The van der Waals surface area contributed by atoms with Crippen LogP contribution in [0.4, 0.5) is 0 Å². The van der Waals surface area contributed by atoms with Crippen molar-refractivity contribution < 1.29 is 33.7 Å². The van der Waals surface area contributed by atoms with Crippen molar-refractivity contribution in [2.24, 2.45) is 0 Å². The maximum absolute atomic E-state index is 14.0. The van der Waals surface area contributed by atoms with E-state index in [1.54, 1.807) is 17.9 Å². The highest BCUT2D eigenvalue weighted by Gasteiger charge is 2.47. The van der Waals surface area contributed by atoms with Crippen LogP contribution < -0.4 is 4.74 Å². The smallest absolute Gasteiger partial charge is 0.303 e. The standard InChI is InChI=1S/C31H49NO7S/c1-11-16-32(17-12-2)30(36)25-18-24(37-10)19-26(35)27(25)28(40-21(5)6)29(38-22(7)33)31(9,39-23(8)34)15-13-14-20(3)4/h14,18-19,21,28-29,35H,11-13,15-17H2,1-10H3/t28-,29+,31-/m0/s1. The second kappa shape index (κ2) is 16.6. The fraction of sp³-hybridized carbons (Fsp3) is 0.645. The van der Waals surface area contributed by atoms with Crippen LogP contribution in [-0.4, -0.2) is 65.0 Å². The Bertz CT molecular complexity index is 1030. The first kappa shape index (κ1) is 35.3. The van der Waals surface area contributed by atoms with Crippen molar-refractivity contribution in [1.82, 2.24) is 4.90 Å². The van der Waals surface area contributed by atoms with Crippen molar-refractivity contribution in [1.29, 1.82) is 0 Å². The average Bonchev–Trinajstić information content (AvgIpc) is 2.84. The summed E-state index contributed by atoms with van der Waals surface area (Å²) in [6.07, 6.45) is 3.50. The summed E-state index contributed by atoms with van der Waals surface area (Å²) in [6, 6.07) is 3.09. The minimum atomic E-state index is -1.25. The molecule has 1 aromatic carbocycles. The lowest BCUT2D eigenvalue weighted by Gasteiger charge is -2.41. The molecule has 8 nitrogen and oxygen atoms in total. The number of phenols is 1. The summed E-state index contributed by atoms with van der Waals surface area (Å²) >= 11 is 1.44. The van der Waals surface area contributed by atoms with E-state index in [1.165, 1.54) is 38.8 Å². The molecule has 0 spiro atoms. The molecule has 1 amide bonds. The van der Waals surface area contributed by atoms with Crippen LogP contribution in [0.1, 0.15) is 109 Å². The molecule has 1 aromatic rings. The van der Waals surface area contributed by atoms with E-state index in [4.69, 9.17) is 14.2 Å². The van der Waals surface area contributed by atoms with Crippen LogP contribution >= 0.6 is 11.8 Å². The number of rotatable bonds is 16. The Morgan fingerprint density at radius 2 is 1.65 bits per heavy atom. The molecular formula is C31H49NO7S. The Hall–Kier alpha value is -2.68. The summed E-state index contributed by atoms with van der Waals surface area (Å²) in [6.45, 7) is 17.4. The van der Waals surface area contributed by atoms with Gasteiger partial charge < -0.3 is 24.2 Å². The fourth-order valence-electron chi connectivity index (χ4n) is 4.73. The molecule has 0 heterocycles. The summed E-state index contributed by atoms with van der Waals surface area (Å²) in [5, 5.41) is 10.7. The van der Waals surface area contributed by atoms with Crippen LogP contribution in [0.5, 0.6) is 11.5 Å². The Morgan fingerprint density at radius 3 is 2.10 bits per heavy atom. The summed E-state index contributed by atoms with van der Waals surface area (Å²) in [5.74, 6) is -1.14. The molecule has 0 aromatic heterocycles. The monoisotopic (exact) mass is 579 g/mol. The van der Waals surface area contributed by atoms with Gasteiger partial charge in [0.2, 0.25) is 0 Å². The molecule has 3 atom stereocenters. The SMILES string of the molecule is CCCN(CCC)C(=O)c1cc(OC)cc(O)c1[C@H](SC(C)C)[C@@H](OC(C)=O)[C@](C)(CCC=C(C)C)OC(C)=O. The van der Waals surface area contributed by atoms with Gasteiger partial charge in [-0.05, 0) is 57.8 Å². The number of hydrogen-bond acceptors (Lipinski definition) is 8. The Labute approximate surface area is 244 Å². The van der Waals surface area contributed by atoms with Gasteiger partial charge in [0.1, 0.15) is 17.1 Å². The van der Waals surface area contributed by atoms with E-state index in [1.807, 2.05) is 47.6 Å². The van der Waals surface area contributed by atoms with Gasteiger partial charge in [0.05, 0.1) is 17.9 Å². The summed E-state index contributed by atoms with van der Waals surface area (Å²) in [4.78, 5) is 40.7. The minimum absolute atomic E-state index is 0.00857. The highest BCUT2D eigenvalue weighted by atomic mass is 32.2. The third kappa shape index (κ3) is 10.4. The fourth-order valence-corrected chi connectivity index (χ4v) is 6.18. The first-order valence-electron chi connectivity index (χ1n) is 14.1. The van der Waals surface area contributed by atoms with Gasteiger partial charge in [0, 0.05) is 38.6 Å². The number of hydrogen-bond donors (Lipinski definition) is 1. The molecule has 226 valence electrons. The molecule has 1 N–H and O–H groups in total. The van der Waals surface area contributed by atoms with E-state index in [9.17, 15) is 19.5 Å². The van der Waals surface area contributed by atoms with Gasteiger partial charge in [-0.2, -0.15) is 0 Å². The van der Waals surface area contributed by atoms with Crippen LogP contribution in [0.3, 0.4) is 0 Å². The van der Waals surface area contributed by atoms with Crippen molar-refractivity contribution >= 4 is 29.6 Å². The largest absolute Gasteiger partial charge is 0.507 e. The van der Waals surface area contributed by atoms with Crippen molar-refractivity contribution in [3.05, 3.63) is 34.9 Å². The van der Waals surface area contributed by atoms with Gasteiger partial charge in [-0.3, -0.25) is 14.4 Å². The first-order chi connectivity index (χ1) is 18.7. The lowest BCUT2D eigenvalue weighted by molar-refractivity contribution is -0.182. The number of ether oxygens (including phenoxy) is 3. The van der Waals surface area contributed by atoms with Crippen LogP contribution in [-0.2, 0) is 19.1 Å². The highest BCUT2D eigenvalue weighted by Crippen LogP contribution is 2.48. The normalized spacial score (nSPS) is 14.1. The molecule has 0 radical (unpaired) electrons. The van der Waals surface area contributed by atoms with E-state index in [0.29, 0.717) is 37.2 Å². The second-order valence-corrected chi connectivity index (χ2v) is 12.5. The predicted molar refractivity (Wildman–Crippen MR) is 161 cm³/mol. The molecule has 0 aliphatic carbocycles. The average molecular weight is 580 g/mol. The number of benzene rings is 1. The lowest BCUT2D eigenvalue weighted by Crippen LogP contribution is -2.49. The van der Waals surface area contributed by atoms with Gasteiger partial charge >= 0.3 is 11.9 Å². The number of phenolic OH excluding ortho intramolecular Hbond substituents is 1. The van der Waals surface area contributed by atoms with E-state index < -0.39 is 28.9 Å². The van der Waals surface area contributed by atoms with Crippen molar-refractivity contribution in [2.45, 2.75) is 110 Å². The number of thioether (sulfide) groups is 1. The van der Waals surface area contributed by atoms with Crippen LogP contribution in [0.25, 0.3) is 0 Å². The van der Waals surface area contributed by atoms with Gasteiger partial charge in [0.25, 0.3) is 5.91 Å². The van der Waals surface area contributed by atoms with Crippen molar-refractivity contribution in [3.63, 3.8) is 0 Å². The number of methoxy groups -OCH3 is 1. The Morgan fingerprint density at radius 1 is 1.05 bits per heavy atom. The maximum Gasteiger partial charge on any atom is 0.303 e. The number of esters is 2. The number of carbonyl (C=O) groups is 3. The summed E-state index contributed by atoms with van der Waals surface area (Å²) < 4.78 is 17.3. The predicted octanol–water partition coefficient (Wildman–Crippen LogP) is 6.85. The molecule has 0 aliphatic heterocycles. The third-order valence-corrected chi connectivity index (χ3v) is 7.64. The lowest BCUT2D eigenvalue weighted by atomic mass is 9.85. The zero-order chi connectivity index (χ0) is 30.6. The zero-order valence-electron chi connectivity index (χ0n) is 26.0. The van der Waals surface area contributed by atoms with Gasteiger partial charge in [0.15, 0.2) is 6.10 Å². The quantitative estimate of drug-likeness (QED) is 0.168. The molecule has 1 rings (SSSR count). The zero-order valence-corrected chi connectivity index (χ0v) is 26.8. The van der Waals surface area contributed by atoms with Gasteiger partial charge in [-0.25, -0.2) is 0 Å². The second-order valence-electron chi connectivity index (χ2n) is 10.8. The summed E-state index contributed by atoms with van der Waals surface area (Å²) in [5.41, 5.74) is 0.446. The van der Waals surface area contributed by atoms with Crippen LogP contribution in [0.15, 0.2) is 23.8 Å². The number of nitrogens with zero attached hydrogens (tertiary/aromatic N) is 1. The number of amides is 1. The van der Waals surface area contributed by atoms with Crippen LogP contribution in [0, 0.1) is 0 Å². The Balaban J connectivity index is 4.02. The van der Waals surface area contributed by atoms with Crippen molar-refractivity contribution in [2.75, 3.05) is 20.2 Å². The first-order valence-corrected chi connectivity index (χ1v) is 15.0. The number of carbonyl (C=O) groups excluding carboxylic acids is 3. The molecule has 0 fully saturated rings. The van der Waals surface area contributed by atoms with E-state index in [0.717, 1.165) is 18.4 Å². The highest BCUT2D eigenvalue weighted by molar-refractivity contribution is 8.00. The van der Waals surface area contributed by atoms with E-state index >= 15 is 0 Å². The van der Waals surface area contributed by atoms with Crippen molar-refractivity contribution in [3.8, 4) is 11.5 Å². The molecule has 0 aliphatic rings. The van der Waals surface area contributed by atoms with Gasteiger partial charge in [-0.15, -0.1) is 11.8 Å². The Kier molecular flexibility index (Phi) is 14.6.